The van der Waals surface area contributed by atoms with Crippen molar-refractivity contribution < 1.29 is 23.5 Å². The molecule has 0 spiro atoms. The zero-order valence-corrected chi connectivity index (χ0v) is 15.3. The molecule has 7 heteroatoms. The van der Waals surface area contributed by atoms with E-state index in [0.29, 0.717) is 17.0 Å². The van der Waals surface area contributed by atoms with Gasteiger partial charge in [-0.05, 0) is 37.1 Å². The first-order valence-corrected chi connectivity index (χ1v) is 8.26. The average Bonchev–Trinajstić information content (AvgIpc) is 3.30. The summed E-state index contributed by atoms with van der Waals surface area (Å²) in [6.07, 6.45) is 1.80. The Bertz CT molecular complexity index is 906. The number of furan rings is 1. The van der Waals surface area contributed by atoms with Gasteiger partial charge in [0.1, 0.15) is 5.76 Å². The molecule has 0 N–H and O–H groups in total. The number of methoxy groups -OCH3 is 2. The average molecular weight is 359 g/mol. The van der Waals surface area contributed by atoms with E-state index in [9.17, 15) is 14.4 Å². The molecule has 0 saturated heterocycles. The van der Waals surface area contributed by atoms with Crippen LogP contribution in [0.1, 0.15) is 28.1 Å². The first-order valence-electron chi connectivity index (χ1n) is 8.26. The molecule has 0 aromatic carbocycles. The number of nitrogens with zero attached hydrogens (tertiary/aromatic N) is 1. The molecule has 0 radical (unpaired) electrons. The van der Waals surface area contributed by atoms with Gasteiger partial charge in [0.15, 0.2) is 5.41 Å². The predicted octanol–water partition coefficient (Wildman–Crippen LogP) is 1.54. The van der Waals surface area contributed by atoms with Crippen LogP contribution in [0, 0.1) is 19.3 Å². The standard InChI is InChI=1S/C19H21NO6/c1-11-14-8-19(17(22)24-3,18(23)25-4)9-15(14)12(2)20(16(11)21)10-13-6-5-7-26-13/h5-7H,8-10H2,1-4H3. The van der Waals surface area contributed by atoms with Crippen molar-refractivity contribution in [1.82, 2.24) is 4.57 Å². The molecule has 138 valence electrons. The third-order valence-electron chi connectivity index (χ3n) is 5.23. The van der Waals surface area contributed by atoms with E-state index >= 15 is 0 Å². The van der Waals surface area contributed by atoms with Gasteiger partial charge in [0.2, 0.25) is 0 Å². The summed E-state index contributed by atoms with van der Waals surface area (Å²) >= 11 is 0. The van der Waals surface area contributed by atoms with Gasteiger partial charge in [-0.15, -0.1) is 0 Å². The number of rotatable bonds is 4. The molecule has 1 aliphatic carbocycles. The first kappa shape index (κ1) is 18.0. The molecule has 2 aromatic rings. The van der Waals surface area contributed by atoms with E-state index in [2.05, 4.69) is 0 Å². The number of pyridine rings is 1. The van der Waals surface area contributed by atoms with Crippen molar-refractivity contribution in [3.63, 3.8) is 0 Å². The minimum atomic E-state index is -1.45. The summed E-state index contributed by atoms with van der Waals surface area (Å²) in [7, 11) is 2.48. The fourth-order valence-corrected chi connectivity index (χ4v) is 3.74. The largest absolute Gasteiger partial charge is 0.468 e. The van der Waals surface area contributed by atoms with Gasteiger partial charge < -0.3 is 18.5 Å². The molecule has 0 aliphatic heterocycles. The number of aromatic nitrogens is 1. The van der Waals surface area contributed by atoms with E-state index in [0.717, 1.165) is 11.1 Å². The second kappa shape index (κ2) is 6.48. The smallest absolute Gasteiger partial charge is 0.323 e. The van der Waals surface area contributed by atoms with E-state index in [-0.39, 0.29) is 24.9 Å². The van der Waals surface area contributed by atoms with Crippen LogP contribution in [0.2, 0.25) is 0 Å². The highest BCUT2D eigenvalue weighted by Gasteiger charge is 2.53. The SMILES string of the molecule is COC(=O)C1(C(=O)OC)Cc2c(c(C)n(Cc3ccco3)c(=O)c2C)C1. The van der Waals surface area contributed by atoms with Gasteiger partial charge in [-0.25, -0.2) is 0 Å². The second-order valence-electron chi connectivity index (χ2n) is 6.56. The Morgan fingerprint density at radius 2 is 1.77 bits per heavy atom. The Morgan fingerprint density at radius 3 is 2.31 bits per heavy atom. The van der Waals surface area contributed by atoms with Gasteiger partial charge in [0, 0.05) is 24.1 Å². The number of carbonyl (C=O) groups excluding carboxylic acids is 2. The summed E-state index contributed by atoms with van der Waals surface area (Å²) in [4.78, 5) is 37.7. The van der Waals surface area contributed by atoms with Gasteiger partial charge in [-0.1, -0.05) is 0 Å². The van der Waals surface area contributed by atoms with Gasteiger partial charge >= 0.3 is 11.9 Å². The molecular formula is C19H21NO6. The molecular weight excluding hydrogens is 338 g/mol. The molecule has 3 rings (SSSR count). The van der Waals surface area contributed by atoms with E-state index in [1.54, 1.807) is 29.9 Å². The second-order valence-corrected chi connectivity index (χ2v) is 6.56. The lowest BCUT2D eigenvalue weighted by atomic mass is 9.84. The molecule has 0 fully saturated rings. The molecule has 7 nitrogen and oxygen atoms in total. The number of hydrogen-bond acceptors (Lipinski definition) is 6. The third-order valence-corrected chi connectivity index (χ3v) is 5.23. The number of fused-ring (bicyclic) bond motifs is 1. The summed E-state index contributed by atoms with van der Waals surface area (Å²) in [5.74, 6) is -0.645. The molecule has 2 aromatic heterocycles. The van der Waals surface area contributed by atoms with Crippen LogP contribution in [-0.2, 0) is 38.4 Å². The van der Waals surface area contributed by atoms with Crippen LogP contribution in [0.5, 0.6) is 0 Å². The summed E-state index contributed by atoms with van der Waals surface area (Å²) in [5, 5.41) is 0. The Morgan fingerprint density at radius 1 is 1.15 bits per heavy atom. The minimum Gasteiger partial charge on any atom is -0.468 e. The zero-order valence-electron chi connectivity index (χ0n) is 15.3. The van der Waals surface area contributed by atoms with E-state index < -0.39 is 17.4 Å². The molecule has 0 atom stereocenters. The summed E-state index contributed by atoms with van der Waals surface area (Å²) in [6, 6.07) is 3.55. The number of esters is 2. The van der Waals surface area contributed by atoms with Crippen LogP contribution < -0.4 is 5.56 Å². The minimum absolute atomic E-state index is 0.102. The maximum atomic E-state index is 12.9. The quantitative estimate of drug-likeness (QED) is 0.608. The highest BCUT2D eigenvalue weighted by Crippen LogP contribution is 2.41. The predicted molar refractivity (Wildman–Crippen MR) is 91.9 cm³/mol. The van der Waals surface area contributed by atoms with Crippen LogP contribution in [0.15, 0.2) is 27.6 Å². The number of ether oxygens (including phenoxy) is 2. The van der Waals surface area contributed by atoms with Crippen molar-refractivity contribution in [2.45, 2.75) is 33.2 Å². The Labute approximate surface area is 150 Å². The van der Waals surface area contributed by atoms with Gasteiger partial charge in [-0.2, -0.15) is 0 Å². The Kier molecular flexibility index (Phi) is 4.48. The van der Waals surface area contributed by atoms with Crippen molar-refractivity contribution in [2.24, 2.45) is 5.41 Å². The molecule has 1 aliphatic rings. The lowest BCUT2D eigenvalue weighted by Crippen LogP contribution is -2.42. The van der Waals surface area contributed by atoms with Crippen molar-refractivity contribution in [3.05, 3.63) is 56.9 Å². The highest BCUT2D eigenvalue weighted by atomic mass is 16.5. The number of carbonyl (C=O) groups is 2. The van der Waals surface area contributed by atoms with Crippen LogP contribution in [0.4, 0.5) is 0 Å². The fourth-order valence-electron chi connectivity index (χ4n) is 3.74. The first-order chi connectivity index (χ1) is 12.4. The summed E-state index contributed by atoms with van der Waals surface area (Å²) in [5.41, 5.74) is 1.15. The van der Waals surface area contributed by atoms with Crippen molar-refractivity contribution in [1.29, 1.82) is 0 Å². The highest BCUT2D eigenvalue weighted by molar-refractivity contribution is 6.01. The fraction of sp³-hybridized carbons (Fsp3) is 0.421. The van der Waals surface area contributed by atoms with Crippen LogP contribution in [0.3, 0.4) is 0 Å². The van der Waals surface area contributed by atoms with E-state index in [4.69, 9.17) is 13.9 Å². The summed E-state index contributed by atoms with van der Waals surface area (Å²) in [6.45, 7) is 3.81. The van der Waals surface area contributed by atoms with Gasteiger partial charge in [0.05, 0.1) is 27.0 Å². The molecule has 2 heterocycles. The van der Waals surface area contributed by atoms with E-state index in [1.807, 2.05) is 6.92 Å². The molecule has 0 amide bonds. The zero-order chi connectivity index (χ0) is 19.1. The maximum absolute atomic E-state index is 12.9. The normalized spacial score (nSPS) is 14.8. The third kappa shape index (κ3) is 2.55. The lowest BCUT2D eigenvalue weighted by Gasteiger charge is -2.22. The van der Waals surface area contributed by atoms with Crippen LogP contribution in [-0.4, -0.2) is 30.7 Å². The maximum Gasteiger partial charge on any atom is 0.323 e. The molecule has 0 saturated carbocycles. The monoisotopic (exact) mass is 359 g/mol. The van der Waals surface area contributed by atoms with Crippen LogP contribution >= 0.6 is 0 Å². The molecule has 0 unspecified atom stereocenters. The molecule has 0 bridgehead atoms. The van der Waals surface area contributed by atoms with Gasteiger partial charge in [0.25, 0.3) is 5.56 Å². The van der Waals surface area contributed by atoms with Gasteiger partial charge in [-0.3, -0.25) is 14.4 Å². The lowest BCUT2D eigenvalue weighted by molar-refractivity contribution is -0.168. The Hall–Kier alpha value is -2.83. The topological polar surface area (TPSA) is 87.7 Å². The van der Waals surface area contributed by atoms with Crippen LogP contribution in [0.25, 0.3) is 0 Å². The van der Waals surface area contributed by atoms with Crippen molar-refractivity contribution in [2.75, 3.05) is 14.2 Å². The molecule has 26 heavy (non-hydrogen) atoms. The van der Waals surface area contributed by atoms with E-state index in [1.165, 1.54) is 14.2 Å². The van der Waals surface area contributed by atoms with Crippen molar-refractivity contribution in [3.8, 4) is 0 Å². The Balaban J connectivity index is 2.14. The summed E-state index contributed by atoms with van der Waals surface area (Å²) < 4.78 is 16.7. The van der Waals surface area contributed by atoms with Crippen molar-refractivity contribution >= 4 is 11.9 Å². The number of hydrogen-bond donors (Lipinski definition) is 0.